The van der Waals surface area contributed by atoms with Crippen molar-refractivity contribution in [1.82, 2.24) is 10.2 Å². The van der Waals surface area contributed by atoms with Crippen LogP contribution in [0.15, 0.2) is 24.3 Å². The van der Waals surface area contributed by atoms with Gasteiger partial charge >= 0.3 is 12.0 Å². The smallest absolute Gasteiger partial charge is 0.317 e. The molecule has 5 nitrogen and oxygen atoms in total. The molecule has 0 bridgehead atoms. The fourth-order valence-corrected chi connectivity index (χ4v) is 1.65. The van der Waals surface area contributed by atoms with Crippen LogP contribution in [0.5, 0.6) is 0 Å². The van der Waals surface area contributed by atoms with E-state index in [9.17, 15) is 9.59 Å². The van der Waals surface area contributed by atoms with Crippen molar-refractivity contribution < 1.29 is 14.7 Å². The third kappa shape index (κ3) is 5.61. The number of amides is 2. The topological polar surface area (TPSA) is 69.6 Å². The quantitative estimate of drug-likeness (QED) is 0.842. The Labute approximate surface area is 117 Å². The molecule has 19 heavy (non-hydrogen) atoms. The van der Waals surface area contributed by atoms with Crippen LogP contribution in [0.4, 0.5) is 4.79 Å². The summed E-state index contributed by atoms with van der Waals surface area (Å²) in [7, 11) is 0. The van der Waals surface area contributed by atoms with Crippen LogP contribution >= 0.6 is 11.6 Å². The van der Waals surface area contributed by atoms with Gasteiger partial charge in [0.2, 0.25) is 0 Å². The van der Waals surface area contributed by atoms with Crippen LogP contribution in [0.3, 0.4) is 0 Å². The second-order valence-corrected chi connectivity index (χ2v) is 4.45. The van der Waals surface area contributed by atoms with E-state index in [-0.39, 0.29) is 19.0 Å². The van der Waals surface area contributed by atoms with E-state index in [4.69, 9.17) is 16.7 Å². The summed E-state index contributed by atoms with van der Waals surface area (Å²) in [6.07, 6.45) is -0.0534. The maximum atomic E-state index is 11.8. The molecule has 0 fully saturated rings. The van der Waals surface area contributed by atoms with Crippen LogP contribution in [0, 0.1) is 0 Å². The molecule has 6 heteroatoms. The molecule has 0 heterocycles. The number of nitrogens with one attached hydrogen (secondary N) is 1. The molecule has 0 radical (unpaired) electrons. The van der Waals surface area contributed by atoms with Gasteiger partial charge in [-0.2, -0.15) is 0 Å². The van der Waals surface area contributed by atoms with Crippen LogP contribution in [-0.4, -0.2) is 35.1 Å². The Balaban J connectivity index is 2.44. The second kappa shape index (κ2) is 7.63. The van der Waals surface area contributed by atoms with E-state index in [2.05, 4.69) is 5.32 Å². The lowest BCUT2D eigenvalue weighted by Crippen LogP contribution is -2.40. The molecule has 1 aromatic carbocycles. The lowest BCUT2D eigenvalue weighted by atomic mass is 10.2. The van der Waals surface area contributed by atoms with Crippen molar-refractivity contribution in [2.24, 2.45) is 0 Å². The zero-order chi connectivity index (χ0) is 14.3. The van der Waals surface area contributed by atoms with Gasteiger partial charge in [0.05, 0.1) is 6.42 Å². The predicted octanol–water partition coefficient (Wildman–Crippen LogP) is 2.35. The normalized spacial score (nSPS) is 10.0. The first-order valence-electron chi connectivity index (χ1n) is 6.02. The SMILES string of the molecule is CCN(CCC(=O)O)C(=O)NCc1ccc(Cl)cc1. The zero-order valence-electron chi connectivity index (χ0n) is 10.7. The number of rotatable bonds is 6. The summed E-state index contributed by atoms with van der Waals surface area (Å²) >= 11 is 5.77. The standard InChI is InChI=1S/C13H17ClN2O3/c1-2-16(8-7-12(17)18)13(19)15-9-10-3-5-11(14)6-4-10/h3-6H,2,7-9H2,1H3,(H,15,19)(H,17,18). The molecule has 0 aliphatic rings. The monoisotopic (exact) mass is 284 g/mol. The van der Waals surface area contributed by atoms with Crippen LogP contribution in [0.2, 0.25) is 5.02 Å². The average molecular weight is 285 g/mol. The molecule has 104 valence electrons. The molecule has 0 saturated heterocycles. The molecule has 0 spiro atoms. The Morgan fingerprint density at radius 2 is 1.95 bits per heavy atom. The molecule has 2 amide bonds. The summed E-state index contributed by atoms with van der Waals surface area (Å²) < 4.78 is 0. The summed E-state index contributed by atoms with van der Waals surface area (Å²) in [5, 5.41) is 12.0. The van der Waals surface area contributed by atoms with Crippen LogP contribution < -0.4 is 5.32 Å². The lowest BCUT2D eigenvalue weighted by molar-refractivity contribution is -0.137. The van der Waals surface area contributed by atoms with Gasteiger partial charge in [-0.15, -0.1) is 0 Å². The Morgan fingerprint density at radius 3 is 2.47 bits per heavy atom. The summed E-state index contributed by atoms with van der Waals surface area (Å²) in [5.41, 5.74) is 0.937. The summed E-state index contributed by atoms with van der Waals surface area (Å²) in [5.74, 6) is -0.913. The number of carboxylic acid groups (broad SMARTS) is 1. The molecule has 0 saturated carbocycles. The largest absolute Gasteiger partial charge is 0.481 e. The van der Waals surface area contributed by atoms with Crippen LogP contribution in [-0.2, 0) is 11.3 Å². The minimum Gasteiger partial charge on any atom is -0.481 e. The van der Waals surface area contributed by atoms with Crippen molar-refractivity contribution in [3.63, 3.8) is 0 Å². The van der Waals surface area contributed by atoms with Gasteiger partial charge in [0.1, 0.15) is 0 Å². The minimum atomic E-state index is -0.913. The van der Waals surface area contributed by atoms with E-state index in [1.807, 2.05) is 19.1 Å². The number of aliphatic carboxylic acids is 1. The minimum absolute atomic E-state index is 0.0534. The molecule has 0 unspecified atom stereocenters. The molecule has 0 atom stereocenters. The van der Waals surface area contributed by atoms with Gasteiger partial charge in [-0.1, -0.05) is 23.7 Å². The highest BCUT2D eigenvalue weighted by atomic mass is 35.5. The number of carbonyl (C=O) groups excluding carboxylic acids is 1. The highest BCUT2D eigenvalue weighted by molar-refractivity contribution is 6.30. The first-order valence-corrected chi connectivity index (χ1v) is 6.39. The lowest BCUT2D eigenvalue weighted by Gasteiger charge is -2.20. The highest BCUT2D eigenvalue weighted by Gasteiger charge is 2.12. The number of hydrogen-bond acceptors (Lipinski definition) is 2. The van der Waals surface area contributed by atoms with Gasteiger partial charge in [0.15, 0.2) is 0 Å². The summed E-state index contributed by atoms with van der Waals surface area (Å²) in [6, 6.07) is 6.90. The molecular weight excluding hydrogens is 268 g/mol. The van der Waals surface area contributed by atoms with E-state index in [0.717, 1.165) is 5.56 Å². The Bertz CT molecular complexity index is 434. The molecule has 2 N–H and O–H groups in total. The van der Waals surface area contributed by atoms with E-state index in [0.29, 0.717) is 18.1 Å². The number of nitrogens with zero attached hydrogens (tertiary/aromatic N) is 1. The number of carbonyl (C=O) groups is 2. The molecule has 1 aromatic rings. The number of halogens is 1. The summed E-state index contributed by atoms with van der Waals surface area (Å²) in [4.78, 5) is 23.8. The number of benzene rings is 1. The Kier molecular flexibility index (Phi) is 6.15. The van der Waals surface area contributed by atoms with Gasteiger partial charge in [0.25, 0.3) is 0 Å². The Hall–Kier alpha value is -1.75. The molecule has 0 aliphatic carbocycles. The van der Waals surface area contributed by atoms with Crippen LogP contribution in [0.1, 0.15) is 18.9 Å². The molecular formula is C13H17ClN2O3. The highest BCUT2D eigenvalue weighted by Crippen LogP contribution is 2.09. The Morgan fingerprint density at radius 1 is 1.32 bits per heavy atom. The molecule has 0 aliphatic heterocycles. The maximum Gasteiger partial charge on any atom is 0.317 e. The average Bonchev–Trinajstić information content (AvgIpc) is 2.38. The molecule has 1 rings (SSSR count). The van der Waals surface area contributed by atoms with Gasteiger partial charge in [-0.05, 0) is 24.6 Å². The third-order valence-corrected chi connectivity index (χ3v) is 2.87. The van der Waals surface area contributed by atoms with Gasteiger partial charge in [-0.25, -0.2) is 4.79 Å². The van der Waals surface area contributed by atoms with E-state index in [1.54, 1.807) is 12.1 Å². The predicted molar refractivity (Wildman–Crippen MR) is 73.2 cm³/mol. The van der Waals surface area contributed by atoms with Crippen molar-refractivity contribution in [1.29, 1.82) is 0 Å². The fourth-order valence-electron chi connectivity index (χ4n) is 1.53. The van der Waals surface area contributed by atoms with E-state index >= 15 is 0 Å². The van der Waals surface area contributed by atoms with Crippen molar-refractivity contribution in [3.05, 3.63) is 34.9 Å². The first-order chi connectivity index (χ1) is 9.02. The van der Waals surface area contributed by atoms with Crippen molar-refractivity contribution >= 4 is 23.6 Å². The van der Waals surface area contributed by atoms with Gasteiger partial charge < -0.3 is 15.3 Å². The summed E-state index contributed by atoms with van der Waals surface area (Å²) in [6.45, 7) is 2.88. The van der Waals surface area contributed by atoms with Crippen molar-refractivity contribution in [2.75, 3.05) is 13.1 Å². The van der Waals surface area contributed by atoms with Crippen LogP contribution in [0.25, 0.3) is 0 Å². The van der Waals surface area contributed by atoms with Gasteiger partial charge in [0, 0.05) is 24.7 Å². The third-order valence-electron chi connectivity index (χ3n) is 2.62. The number of hydrogen-bond donors (Lipinski definition) is 2. The molecule has 0 aromatic heterocycles. The van der Waals surface area contributed by atoms with Crippen molar-refractivity contribution in [3.8, 4) is 0 Å². The zero-order valence-corrected chi connectivity index (χ0v) is 11.5. The van der Waals surface area contributed by atoms with Crippen molar-refractivity contribution in [2.45, 2.75) is 19.9 Å². The maximum absolute atomic E-state index is 11.8. The van der Waals surface area contributed by atoms with E-state index in [1.165, 1.54) is 4.90 Å². The fraction of sp³-hybridized carbons (Fsp3) is 0.385. The number of carboxylic acids is 1. The number of urea groups is 1. The first kappa shape index (κ1) is 15.3. The second-order valence-electron chi connectivity index (χ2n) is 4.01. The van der Waals surface area contributed by atoms with E-state index < -0.39 is 5.97 Å². The van der Waals surface area contributed by atoms with Gasteiger partial charge in [-0.3, -0.25) is 4.79 Å².